The van der Waals surface area contributed by atoms with Crippen LogP contribution in [0.15, 0.2) is 130 Å². The van der Waals surface area contributed by atoms with Gasteiger partial charge in [-0.2, -0.15) is 0 Å². The minimum Gasteiger partial charge on any atom is -0.415 e. The molecule has 0 atom stereocenters. The Labute approximate surface area is 249 Å². The SMILES string of the molecule is c1cc(-c2nnc(-c3nc4ccccc4c4ccccc34)o2)cc(-c2nnc(-c3nc4ccccc4c4ccccc34)o2)c1. The lowest BCUT2D eigenvalue weighted by atomic mass is 10.0. The first-order chi connectivity index (χ1) is 21.8. The molecule has 9 rings (SSSR count). The molecule has 5 aromatic carbocycles. The molecule has 0 fully saturated rings. The van der Waals surface area contributed by atoms with Gasteiger partial charge >= 0.3 is 0 Å². The molecule has 0 saturated heterocycles. The molecule has 4 heterocycles. The number of fused-ring (bicyclic) bond motifs is 6. The number of aromatic nitrogens is 6. The highest BCUT2D eigenvalue weighted by atomic mass is 16.4. The van der Waals surface area contributed by atoms with Crippen LogP contribution >= 0.6 is 0 Å². The third kappa shape index (κ3) is 3.85. The summed E-state index contributed by atoms with van der Waals surface area (Å²) in [5, 5.41) is 23.7. The maximum absolute atomic E-state index is 6.21. The first-order valence-corrected chi connectivity index (χ1v) is 14.1. The van der Waals surface area contributed by atoms with Gasteiger partial charge in [0, 0.05) is 32.7 Å². The number of hydrogen-bond acceptors (Lipinski definition) is 8. The van der Waals surface area contributed by atoms with Crippen LogP contribution in [0.1, 0.15) is 0 Å². The molecular formula is C36H20N6O2. The van der Waals surface area contributed by atoms with Crippen molar-refractivity contribution in [3.05, 3.63) is 121 Å². The fraction of sp³-hybridized carbons (Fsp3) is 0. The second kappa shape index (κ2) is 9.64. The largest absolute Gasteiger partial charge is 0.415 e. The van der Waals surface area contributed by atoms with Gasteiger partial charge in [0.2, 0.25) is 11.8 Å². The summed E-state index contributed by atoms with van der Waals surface area (Å²) in [7, 11) is 0. The summed E-state index contributed by atoms with van der Waals surface area (Å²) >= 11 is 0. The van der Waals surface area contributed by atoms with Crippen molar-refractivity contribution in [2.24, 2.45) is 0 Å². The molecule has 0 bridgehead atoms. The zero-order valence-electron chi connectivity index (χ0n) is 23.0. The van der Waals surface area contributed by atoms with Crippen molar-refractivity contribution >= 4 is 43.4 Å². The molecule has 0 amide bonds. The number of benzene rings is 5. The second-order valence-electron chi connectivity index (χ2n) is 10.5. The van der Waals surface area contributed by atoms with Gasteiger partial charge in [-0.05, 0) is 41.1 Å². The van der Waals surface area contributed by atoms with E-state index in [4.69, 9.17) is 18.8 Å². The number of nitrogens with zero attached hydrogens (tertiary/aromatic N) is 6. The van der Waals surface area contributed by atoms with Crippen LogP contribution in [0.4, 0.5) is 0 Å². The van der Waals surface area contributed by atoms with Crippen LogP contribution in [-0.2, 0) is 0 Å². The van der Waals surface area contributed by atoms with E-state index in [1.807, 2.05) is 97.1 Å². The van der Waals surface area contributed by atoms with E-state index < -0.39 is 0 Å². The Balaban J connectivity index is 1.10. The van der Waals surface area contributed by atoms with E-state index in [2.05, 4.69) is 44.7 Å². The smallest absolute Gasteiger partial charge is 0.267 e. The van der Waals surface area contributed by atoms with Crippen molar-refractivity contribution in [1.82, 2.24) is 30.4 Å². The average Bonchev–Trinajstić information content (AvgIpc) is 3.79. The van der Waals surface area contributed by atoms with Gasteiger partial charge in [-0.3, -0.25) is 0 Å². The van der Waals surface area contributed by atoms with Gasteiger partial charge in [-0.15, -0.1) is 20.4 Å². The first kappa shape index (κ1) is 24.3. The van der Waals surface area contributed by atoms with E-state index in [9.17, 15) is 0 Å². The van der Waals surface area contributed by atoms with Crippen molar-refractivity contribution in [1.29, 1.82) is 0 Å². The van der Waals surface area contributed by atoms with E-state index in [1.165, 1.54) is 0 Å². The molecule has 0 unspecified atom stereocenters. The summed E-state index contributed by atoms with van der Waals surface area (Å²) in [5.74, 6) is 1.43. The minimum atomic E-state index is 0.349. The Hall–Kier alpha value is -6.28. The molecule has 0 N–H and O–H groups in total. The lowest BCUT2D eigenvalue weighted by molar-refractivity contribution is 0.581. The highest BCUT2D eigenvalue weighted by Crippen LogP contribution is 2.35. The molecule has 0 aliphatic heterocycles. The van der Waals surface area contributed by atoms with Gasteiger partial charge in [0.1, 0.15) is 11.4 Å². The zero-order chi connectivity index (χ0) is 29.0. The van der Waals surface area contributed by atoms with Crippen molar-refractivity contribution in [3.8, 4) is 46.1 Å². The average molecular weight is 569 g/mol. The molecule has 0 saturated carbocycles. The van der Waals surface area contributed by atoms with Crippen LogP contribution in [0, 0.1) is 0 Å². The van der Waals surface area contributed by atoms with Crippen LogP contribution in [0.5, 0.6) is 0 Å². The molecule has 0 aliphatic rings. The summed E-state index contributed by atoms with van der Waals surface area (Å²) in [6, 6.07) is 39.9. The van der Waals surface area contributed by atoms with Gasteiger partial charge in [-0.1, -0.05) is 91.0 Å². The Morgan fingerprint density at radius 3 is 1.20 bits per heavy atom. The third-order valence-electron chi connectivity index (χ3n) is 7.83. The monoisotopic (exact) mass is 568 g/mol. The number of rotatable bonds is 4. The highest BCUT2D eigenvalue weighted by Gasteiger charge is 2.19. The quantitative estimate of drug-likeness (QED) is 0.195. The Morgan fingerprint density at radius 1 is 0.341 bits per heavy atom. The first-order valence-electron chi connectivity index (χ1n) is 14.1. The molecule has 206 valence electrons. The fourth-order valence-electron chi connectivity index (χ4n) is 5.79. The number of para-hydroxylation sites is 2. The lowest BCUT2D eigenvalue weighted by Gasteiger charge is -2.07. The van der Waals surface area contributed by atoms with E-state index in [0.29, 0.717) is 35.0 Å². The molecule has 44 heavy (non-hydrogen) atoms. The van der Waals surface area contributed by atoms with Crippen LogP contribution in [0.3, 0.4) is 0 Å². The molecule has 0 radical (unpaired) electrons. The van der Waals surface area contributed by atoms with E-state index >= 15 is 0 Å². The van der Waals surface area contributed by atoms with Crippen LogP contribution in [0.2, 0.25) is 0 Å². The maximum atomic E-state index is 6.21. The van der Waals surface area contributed by atoms with Crippen molar-refractivity contribution in [2.75, 3.05) is 0 Å². The molecule has 8 heteroatoms. The number of hydrogen-bond donors (Lipinski definition) is 0. The molecule has 0 aliphatic carbocycles. The summed E-state index contributed by atoms with van der Waals surface area (Å²) in [4.78, 5) is 9.76. The van der Waals surface area contributed by atoms with E-state index in [0.717, 1.165) is 54.5 Å². The number of pyridine rings is 2. The normalized spacial score (nSPS) is 11.6. The van der Waals surface area contributed by atoms with Crippen LogP contribution < -0.4 is 0 Å². The second-order valence-corrected chi connectivity index (χ2v) is 10.5. The van der Waals surface area contributed by atoms with Gasteiger partial charge in [0.15, 0.2) is 0 Å². The molecule has 8 nitrogen and oxygen atoms in total. The van der Waals surface area contributed by atoms with Crippen molar-refractivity contribution in [3.63, 3.8) is 0 Å². The van der Waals surface area contributed by atoms with Crippen molar-refractivity contribution in [2.45, 2.75) is 0 Å². The zero-order valence-corrected chi connectivity index (χ0v) is 23.0. The van der Waals surface area contributed by atoms with Crippen LogP contribution in [0.25, 0.3) is 89.4 Å². The third-order valence-corrected chi connectivity index (χ3v) is 7.83. The van der Waals surface area contributed by atoms with Gasteiger partial charge < -0.3 is 8.83 Å². The van der Waals surface area contributed by atoms with E-state index in [1.54, 1.807) is 0 Å². The van der Waals surface area contributed by atoms with E-state index in [-0.39, 0.29) is 0 Å². The summed E-state index contributed by atoms with van der Waals surface area (Å²) in [6.07, 6.45) is 0. The highest BCUT2D eigenvalue weighted by molar-refractivity contribution is 6.11. The molecule has 9 aromatic rings. The summed E-state index contributed by atoms with van der Waals surface area (Å²) in [5.41, 5.74) is 4.46. The molecule has 0 spiro atoms. The predicted molar refractivity (Wildman–Crippen MR) is 170 cm³/mol. The molecular weight excluding hydrogens is 548 g/mol. The van der Waals surface area contributed by atoms with Crippen LogP contribution in [-0.4, -0.2) is 30.4 Å². The Kier molecular flexibility index (Phi) is 5.33. The predicted octanol–water partition coefficient (Wildman–Crippen LogP) is 8.52. The maximum Gasteiger partial charge on any atom is 0.267 e. The van der Waals surface area contributed by atoms with Gasteiger partial charge in [0.25, 0.3) is 11.8 Å². The topological polar surface area (TPSA) is 104 Å². The van der Waals surface area contributed by atoms with Crippen molar-refractivity contribution < 1.29 is 8.83 Å². The Morgan fingerprint density at radius 2 is 0.727 bits per heavy atom. The van der Waals surface area contributed by atoms with Gasteiger partial charge in [-0.25, -0.2) is 9.97 Å². The summed E-state index contributed by atoms with van der Waals surface area (Å²) in [6.45, 7) is 0. The molecule has 4 aromatic heterocycles. The Bertz CT molecular complexity index is 2360. The standard InChI is InChI=1S/C36H20N6O2/c1-3-16-27-23(12-1)25-14-5-7-18-29(25)37-31(27)35-41-39-33(43-35)21-10-9-11-22(20-21)34-40-42-36(44-34)32-28-17-4-2-13-24(28)26-15-6-8-19-30(26)38-32/h1-20H. The lowest BCUT2D eigenvalue weighted by Crippen LogP contribution is -1.89. The fourth-order valence-corrected chi connectivity index (χ4v) is 5.79. The van der Waals surface area contributed by atoms with Gasteiger partial charge in [0.05, 0.1) is 11.0 Å². The minimum absolute atomic E-state index is 0.349. The summed E-state index contributed by atoms with van der Waals surface area (Å²) < 4.78 is 12.4.